The van der Waals surface area contributed by atoms with Crippen LogP contribution < -0.4 is 0 Å². The van der Waals surface area contributed by atoms with Crippen LogP contribution in [-0.2, 0) is 18.5 Å². The zero-order valence-corrected chi connectivity index (χ0v) is 14.1. The molecule has 3 unspecified atom stereocenters. The summed E-state index contributed by atoms with van der Waals surface area (Å²) in [6.45, 7) is 8.12. The van der Waals surface area contributed by atoms with Crippen LogP contribution in [0.15, 0.2) is 0 Å². The molecule has 3 atom stereocenters. The van der Waals surface area contributed by atoms with Crippen LogP contribution >= 0.6 is 10.7 Å². The van der Waals surface area contributed by atoms with Crippen molar-refractivity contribution in [1.29, 1.82) is 0 Å². The Morgan fingerprint density at radius 3 is 2.40 bits per heavy atom. The maximum atomic E-state index is 10.7. The van der Waals surface area contributed by atoms with Crippen molar-refractivity contribution in [1.82, 2.24) is 0 Å². The predicted molar refractivity (Wildman–Crippen MR) is 79.4 cm³/mol. The molecule has 0 aromatic carbocycles. The van der Waals surface area contributed by atoms with Gasteiger partial charge in [0, 0.05) is 10.7 Å². The first-order valence-electron chi connectivity index (χ1n) is 7.28. The van der Waals surface area contributed by atoms with Crippen LogP contribution in [0.3, 0.4) is 0 Å². The van der Waals surface area contributed by atoms with E-state index in [4.69, 9.17) is 20.2 Å². The zero-order valence-electron chi connectivity index (χ0n) is 12.5. The molecule has 0 radical (unpaired) electrons. The molecule has 0 amide bonds. The van der Waals surface area contributed by atoms with E-state index >= 15 is 0 Å². The molecule has 2 aliphatic rings. The van der Waals surface area contributed by atoms with Gasteiger partial charge in [-0.3, -0.25) is 0 Å². The first kappa shape index (κ1) is 16.5. The number of hydrogen-bond acceptors (Lipinski definition) is 4. The summed E-state index contributed by atoms with van der Waals surface area (Å²) < 4.78 is 32.7. The van der Waals surface area contributed by atoms with E-state index in [1.165, 1.54) is 12.8 Å². The van der Waals surface area contributed by atoms with Gasteiger partial charge in [0.25, 0.3) is 0 Å². The third-order valence-corrected chi connectivity index (χ3v) is 6.85. The van der Waals surface area contributed by atoms with Crippen molar-refractivity contribution in [3.8, 4) is 0 Å². The molecule has 2 saturated carbocycles. The van der Waals surface area contributed by atoms with Crippen LogP contribution in [0, 0.1) is 16.7 Å². The van der Waals surface area contributed by atoms with Gasteiger partial charge in [0.15, 0.2) is 0 Å². The Labute approximate surface area is 126 Å². The Morgan fingerprint density at radius 2 is 1.90 bits per heavy atom. The average Bonchev–Trinajstić information content (AvgIpc) is 2.65. The molecule has 0 aromatic rings. The van der Waals surface area contributed by atoms with E-state index in [1.54, 1.807) is 0 Å². The lowest BCUT2D eigenvalue weighted by molar-refractivity contribution is -0.0634. The lowest BCUT2D eigenvalue weighted by Crippen LogP contribution is -2.37. The van der Waals surface area contributed by atoms with Gasteiger partial charge in [0.05, 0.1) is 31.7 Å². The molecule has 20 heavy (non-hydrogen) atoms. The SMILES string of the molecule is CC1(C)C2CCC1(C)C(OCCOCCS(=O)(=O)Cl)C2. The van der Waals surface area contributed by atoms with Crippen molar-refractivity contribution in [3.63, 3.8) is 0 Å². The van der Waals surface area contributed by atoms with E-state index in [0.717, 1.165) is 12.3 Å². The Hall–Kier alpha value is 0.160. The van der Waals surface area contributed by atoms with E-state index in [-0.39, 0.29) is 17.8 Å². The van der Waals surface area contributed by atoms with Crippen LogP contribution in [0.25, 0.3) is 0 Å². The third-order valence-electron chi connectivity index (χ3n) is 5.73. The minimum absolute atomic E-state index is 0.130. The highest BCUT2D eigenvalue weighted by atomic mass is 35.7. The fourth-order valence-electron chi connectivity index (χ4n) is 3.89. The topological polar surface area (TPSA) is 52.6 Å². The molecule has 0 spiro atoms. The summed E-state index contributed by atoms with van der Waals surface area (Å²) in [5.74, 6) is 0.616. The van der Waals surface area contributed by atoms with Gasteiger partial charge in [-0.1, -0.05) is 20.8 Å². The highest BCUT2D eigenvalue weighted by Gasteiger charge is 2.61. The maximum absolute atomic E-state index is 10.7. The van der Waals surface area contributed by atoms with Gasteiger partial charge in [-0.25, -0.2) is 8.42 Å². The predicted octanol–water partition coefficient (Wildman–Crippen LogP) is 2.80. The molecule has 0 saturated heterocycles. The molecule has 2 rings (SSSR count). The number of fused-ring (bicyclic) bond motifs is 2. The second-order valence-electron chi connectivity index (χ2n) is 6.83. The van der Waals surface area contributed by atoms with Crippen molar-refractivity contribution < 1.29 is 17.9 Å². The summed E-state index contributed by atoms with van der Waals surface area (Å²) in [5.41, 5.74) is 0.613. The van der Waals surface area contributed by atoms with Gasteiger partial charge in [-0.05, 0) is 36.0 Å². The fourth-order valence-corrected chi connectivity index (χ4v) is 4.40. The quantitative estimate of drug-likeness (QED) is 0.534. The molecular formula is C14H25ClO4S. The molecule has 2 bridgehead atoms. The van der Waals surface area contributed by atoms with Gasteiger partial charge < -0.3 is 9.47 Å². The smallest absolute Gasteiger partial charge is 0.234 e. The number of rotatable bonds is 7. The minimum atomic E-state index is -3.45. The highest BCUT2D eigenvalue weighted by Crippen LogP contribution is 2.66. The molecule has 0 aromatic heterocycles. The van der Waals surface area contributed by atoms with Crippen LogP contribution in [0.4, 0.5) is 0 Å². The Bertz CT molecular complexity index is 448. The normalized spacial score (nSPS) is 35.6. The molecule has 118 valence electrons. The Kier molecular flexibility index (Phi) is 4.75. The van der Waals surface area contributed by atoms with Crippen molar-refractivity contribution in [2.24, 2.45) is 16.7 Å². The Morgan fingerprint density at radius 1 is 1.20 bits per heavy atom. The third kappa shape index (κ3) is 3.16. The molecule has 0 N–H and O–H groups in total. The van der Waals surface area contributed by atoms with Gasteiger partial charge >= 0.3 is 0 Å². The van der Waals surface area contributed by atoms with Gasteiger partial charge in [0.1, 0.15) is 0 Å². The molecule has 0 aliphatic heterocycles. The van der Waals surface area contributed by atoms with E-state index in [9.17, 15) is 8.42 Å². The maximum Gasteiger partial charge on any atom is 0.234 e. The average molecular weight is 325 g/mol. The molecule has 4 nitrogen and oxygen atoms in total. The first-order chi connectivity index (χ1) is 9.17. The van der Waals surface area contributed by atoms with Crippen LogP contribution in [-0.4, -0.2) is 40.1 Å². The summed E-state index contributed by atoms with van der Waals surface area (Å²) >= 11 is 0. The molecule has 2 aliphatic carbocycles. The van der Waals surface area contributed by atoms with Gasteiger partial charge in [-0.15, -0.1) is 0 Å². The van der Waals surface area contributed by atoms with E-state index in [1.807, 2.05) is 0 Å². The van der Waals surface area contributed by atoms with E-state index in [0.29, 0.717) is 24.7 Å². The summed E-state index contributed by atoms with van der Waals surface area (Å²) in [7, 11) is 1.65. The number of hydrogen-bond donors (Lipinski definition) is 0. The monoisotopic (exact) mass is 324 g/mol. The number of halogens is 1. The van der Waals surface area contributed by atoms with Crippen molar-refractivity contribution in [3.05, 3.63) is 0 Å². The zero-order chi connectivity index (χ0) is 15.0. The largest absolute Gasteiger partial charge is 0.378 e. The molecule has 2 fully saturated rings. The standard InChI is InChI=1S/C14H25ClO4S/c1-13(2)11-4-5-14(13,3)12(10-11)19-7-6-18-8-9-20(15,16)17/h11-12H,4-10H2,1-3H3. The van der Waals surface area contributed by atoms with Gasteiger partial charge in [-0.2, -0.15) is 0 Å². The second-order valence-corrected chi connectivity index (χ2v) is 9.72. The summed E-state index contributed by atoms with van der Waals surface area (Å²) in [6.07, 6.45) is 3.99. The second kappa shape index (κ2) is 5.75. The minimum Gasteiger partial charge on any atom is -0.378 e. The van der Waals surface area contributed by atoms with Crippen molar-refractivity contribution in [2.45, 2.75) is 46.1 Å². The lowest BCUT2D eigenvalue weighted by atomic mass is 9.70. The molecule has 0 heterocycles. The lowest BCUT2D eigenvalue weighted by Gasteiger charge is -2.38. The van der Waals surface area contributed by atoms with Crippen molar-refractivity contribution in [2.75, 3.05) is 25.6 Å². The van der Waals surface area contributed by atoms with Crippen LogP contribution in [0.2, 0.25) is 0 Å². The molecular weight excluding hydrogens is 300 g/mol. The van der Waals surface area contributed by atoms with Crippen LogP contribution in [0.1, 0.15) is 40.0 Å². The Balaban J connectivity index is 1.69. The first-order valence-corrected chi connectivity index (χ1v) is 9.76. The fraction of sp³-hybridized carbons (Fsp3) is 1.00. The summed E-state index contributed by atoms with van der Waals surface area (Å²) in [5, 5.41) is 0. The summed E-state index contributed by atoms with van der Waals surface area (Å²) in [4.78, 5) is 0. The van der Waals surface area contributed by atoms with Crippen molar-refractivity contribution >= 4 is 19.7 Å². The summed E-state index contributed by atoms with van der Waals surface area (Å²) in [6, 6.07) is 0. The highest BCUT2D eigenvalue weighted by molar-refractivity contribution is 8.13. The number of ether oxygens (including phenoxy) is 2. The van der Waals surface area contributed by atoms with Crippen LogP contribution in [0.5, 0.6) is 0 Å². The van der Waals surface area contributed by atoms with Gasteiger partial charge in [0.2, 0.25) is 9.05 Å². The van der Waals surface area contributed by atoms with E-state index < -0.39 is 9.05 Å². The molecule has 6 heteroatoms. The van der Waals surface area contributed by atoms with E-state index in [2.05, 4.69) is 20.8 Å².